The molecule has 2 rings (SSSR count). The second kappa shape index (κ2) is 8.51. The van der Waals surface area contributed by atoms with Gasteiger partial charge < -0.3 is 10.0 Å². The van der Waals surface area contributed by atoms with Gasteiger partial charge in [0.25, 0.3) is 0 Å². The Bertz CT molecular complexity index is 436. The van der Waals surface area contributed by atoms with Crippen LogP contribution in [0.25, 0.3) is 0 Å². The Morgan fingerprint density at radius 3 is 1.96 bits per heavy atom. The van der Waals surface area contributed by atoms with E-state index in [1.54, 1.807) is 0 Å². The van der Waals surface area contributed by atoms with Gasteiger partial charge >= 0.3 is 5.97 Å². The molecule has 0 aromatic rings. The normalized spacial score (nSPS) is 28.3. The Labute approximate surface area is 139 Å². The van der Waals surface area contributed by atoms with Crippen LogP contribution in [0.5, 0.6) is 0 Å². The molecule has 2 aliphatic rings. The first-order valence-electron chi connectivity index (χ1n) is 9.30. The Balaban J connectivity index is 2.05. The molecule has 1 amide bonds. The van der Waals surface area contributed by atoms with Crippen LogP contribution in [0, 0.1) is 23.7 Å². The minimum atomic E-state index is -0.803. The molecule has 0 aromatic heterocycles. The van der Waals surface area contributed by atoms with E-state index in [-0.39, 0.29) is 23.7 Å². The minimum absolute atomic E-state index is 0.0552. The lowest BCUT2D eigenvalue weighted by atomic mass is 9.82. The van der Waals surface area contributed by atoms with Gasteiger partial charge in [-0.05, 0) is 31.1 Å². The third kappa shape index (κ3) is 4.15. The second-order valence-electron chi connectivity index (χ2n) is 7.08. The summed E-state index contributed by atoms with van der Waals surface area (Å²) >= 11 is 0. The van der Waals surface area contributed by atoms with Crippen LogP contribution in [0.1, 0.15) is 58.8 Å². The molecule has 0 aliphatic heterocycles. The zero-order valence-electron chi connectivity index (χ0n) is 14.5. The molecule has 2 bridgehead atoms. The predicted molar refractivity (Wildman–Crippen MR) is 91.0 cm³/mol. The van der Waals surface area contributed by atoms with E-state index in [0.717, 1.165) is 58.0 Å². The summed E-state index contributed by atoms with van der Waals surface area (Å²) in [7, 11) is 0. The largest absolute Gasteiger partial charge is 0.481 e. The van der Waals surface area contributed by atoms with Gasteiger partial charge in [-0.25, -0.2) is 0 Å². The number of carboxylic acids is 1. The fourth-order valence-corrected chi connectivity index (χ4v) is 4.14. The highest BCUT2D eigenvalue weighted by molar-refractivity contribution is 5.87. The SMILES string of the molecule is CCCCCN(CCCCC)C(=O)[C@H]1[C@@H](C(=O)O)[C@H]2C=C[C@H]1C2. The van der Waals surface area contributed by atoms with Gasteiger partial charge in [-0.15, -0.1) is 0 Å². The van der Waals surface area contributed by atoms with Gasteiger partial charge in [-0.2, -0.15) is 0 Å². The van der Waals surface area contributed by atoms with Crippen LogP contribution >= 0.6 is 0 Å². The maximum Gasteiger partial charge on any atom is 0.307 e. The first-order chi connectivity index (χ1) is 11.1. The average Bonchev–Trinajstić information content (AvgIpc) is 3.14. The molecule has 4 atom stereocenters. The van der Waals surface area contributed by atoms with E-state index < -0.39 is 11.9 Å². The summed E-state index contributed by atoms with van der Waals surface area (Å²) in [6.07, 6.45) is 11.5. The Kier molecular flexibility index (Phi) is 6.67. The number of fused-ring (bicyclic) bond motifs is 2. The fourth-order valence-electron chi connectivity index (χ4n) is 4.14. The Morgan fingerprint density at radius 2 is 1.48 bits per heavy atom. The molecule has 1 fully saturated rings. The third-order valence-electron chi connectivity index (χ3n) is 5.40. The highest BCUT2D eigenvalue weighted by Crippen LogP contribution is 2.48. The molecule has 0 saturated heterocycles. The molecule has 4 nitrogen and oxygen atoms in total. The van der Waals surface area contributed by atoms with E-state index in [0.29, 0.717) is 0 Å². The molecule has 0 radical (unpaired) electrons. The van der Waals surface area contributed by atoms with Gasteiger partial charge in [0.05, 0.1) is 11.8 Å². The topological polar surface area (TPSA) is 57.6 Å². The maximum absolute atomic E-state index is 13.1. The van der Waals surface area contributed by atoms with E-state index in [4.69, 9.17) is 0 Å². The average molecular weight is 321 g/mol. The predicted octanol–water partition coefficient (Wildman–Crippen LogP) is 3.72. The first kappa shape index (κ1) is 18.0. The van der Waals surface area contributed by atoms with Crippen LogP contribution in [0.3, 0.4) is 0 Å². The van der Waals surface area contributed by atoms with E-state index in [1.807, 2.05) is 11.0 Å². The van der Waals surface area contributed by atoms with Gasteiger partial charge in [0.1, 0.15) is 0 Å². The van der Waals surface area contributed by atoms with Gasteiger partial charge in [-0.3, -0.25) is 9.59 Å². The number of carbonyl (C=O) groups is 2. The van der Waals surface area contributed by atoms with Crippen molar-refractivity contribution in [3.63, 3.8) is 0 Å². The number of nitrogens with zero attached hydrogens (tertiary/aromatic N) is 1. The highest BCUT2D eigenvalue weighted by Gasteiger charge is 2.52. The summed E-state index contributed by atoms with van der Waals surface area (Å²) in [5.41, 5.74) is 0. The molecule has 130 valence electrons. The number of amides is 1. The van der Waals surface area contributed by atoms with E-state index in [1.165, 1.54) is 0 Å². The van der Waals surface area contributed by atoms with Crippen molar-refractivity contribution in [1.29, 1.82) is 0 Å². The van der Waals surface area contributed by atoms with Crippen molar-refractivity contribution < 1.29 is 14.7 Å². The smallest absolute Gasteiger partial charge is 0.307 e. The number of hydrogen-bond acceptors (Lipinski definition) is 2. The molecule has 1 saturated carbocycles. The second-order valence-corrected chi connectivity index (χ2v) is 7.08. The van der Waals surface area contributed by atoms with Crippen molar-refractivity contribution in [3.8, 4) is 0 Å². The third-order valence-corrected chi connectivity index (χ3v) is 5.40. The van der Waals surface area contributed by atoms with Crippen molar-refractivity contribution in [1.82, 2.24) is 4.90 Å². The van der Waals surface area contributed by atoms with Crippen molar-refractivity contribution in [2.24, 2.45) is 23.7 Å². The van der Waals surface area contributed by atoms with Gasteiger partial charge in [0.15, 0.2) is 0 Å². The summed E-state index contributed by atoms with van der Waals surface area (Å²) in [4.78, 5) is 26.7. The summed E-state index contributed by atoms with van der Waals surface area (Å²) in [6.45, 7) is 5.87. The first-order valence-corrected chi connectivity index (χ1v) is 9.30. The molecule has 1 N–H and O–H groups in total. The summed E-state index contributed by atoms with van der Waals surface area (Å²) < 4.78 is 0. The summed E-state index contributed by atoms with van der Waals surface area (Å²) in [5, 5.41) is 9.56. The van der Waals surface area contributed by atoms with Crippen molar-refractivity contribution in [2.75, 3.05) is 13.1 Å². The number of carboxylic acid groups (broad SMARTS) is 1. The standard InChI is InChI=1S/C19H31NO3/c1-3-5-7-11-20(12-8-6-4-2)18(21)16-14-9-10-15(13-14)17(16)19(22)23/h9-10,14-17H,3-8,11-13H2,1-2H3,(H,22,23)/t14-,15-,16+,17-/m0/s1. The zero-order chi connectivity index (χ0) is 16.8. The Morgan fingerprint density at radius 1 is 0.957 bits per heavy atom. The lowest BCUT2D eigenvalue weighted by Crippen LogP contribution is -2.43. The monoisotopic (exact) mass is 321 g/mol. The molecule has 0 spiro atoms. The number of aliphatic carboxylic acids is 1. The van der Waals surface area contributed by atoms with Crippen molar-refractivity contribution in [3.05, 3.63) is 12.2 Å². The van der Waals surface area contributed by atoms with Crippen molar-refractivity contribution in [2.45, 2.75) is 58.8 Å². The Hall–Kier alpha value is -1.32. The fraction of sp³-hybridized carbons (Fsp3) is 0.789. The molecule has 0 aromatic carbocycles. The van der Waals surface area contributed by atoms with Gasteiger partial charge in [0.2, 0.25) is 5.91 Å². The molecule has 23 heavy (non-hydrogen) atoms. The molecular weight excluding hydrogens is 290 g/mol. The van der Waals surface area contributed by atoms with Gasteiger partial charge in [-0.1, -0.05) is 51.7 Å². The van der Waals surface area contributed by atoms with Crippen LogP contribution in [0.15, 0.2) is 12.2 Å². The van der Waals surface area contributed by atoms with Crippen LogP contribution < -0.4 is 0 Å². The molecule has 0 heterocycles. The van der Waals surface area contributed by atoms with Crippen LogP contribution in [0.2, 0.25) is 0 Å². The van der Waals surface area contributed by atoms with Crippen LogP contribution in [-0.2, 0) is 9.59 Å². The zero-order valence-corrected chi connectivity index (χ0v) is 14.5. The lowest BCUT2D eigenvalue weighted by Gasteiger charge is -2.31. The highest BCUT2D eigenvalue weighted by atomic mass is 16.4. The summed E-state index contributed by atoms with van der Waals surface area (Å²) in [5.74, 6) is -1.39. The van der Waals surface area contributed by atoms with Crippen LogP contribution in [0.4, 0.5) is 0 Å². The molecule has 4 heteroatoms. The van der Waals surface area contributed by atoms with E-state index in [2.05, 4.69) is 19.9 Å². The maximum atomic E-state index is 13.1. The minimum Gasteiger partial charge on any atom is -0.481 e. The van der Waals surface area contributed by atoms with Gasteiger partial charge in [0, 0.05) is 13.1 Å². The van der Waals surface area contributed by atoms with E-state index in [9.17, 15) is 14.7 Å². The molecule has 2 aliphatic carbocycles. The van der Waals surface area contributed by atoms with E-state index >= 15 is 0 Å². The lowest BCUT2D eigenvalue weighted by molar-refractivity contribution is -0.151. The number of carbonyl (C=O) groups excluding carboxylic acids is 1. The van der Waals surface area contributed by atoms with Crippen LogP contribution in [-0.4, -0.2) is 35.0 Å². The number of unbranched alkanes of at least 4 members (excludes halogenated alkanes) is 4. The van der Waals surface area contributed by atoms with Crippen molar-refractivity contribution >= 4 is 11.9 Å². The molecular formula is C19H31NO3. The quantitative estimate of drug-likeness (QED) is 0.493. The number of allylic oxidation sites excluding steroid dienone is 2. The summed E-state index contributed by atoms with van der Waals surface area (Å²) in [6, 6.07) is 0. The molecule has 0 unspecified atom stereocenters. The number of rotatable bonds is 10. The number of hydrogen-bond donors (Lipinski definition) is 1.